The Balaban J connectivity index is 2.30. The lowest BCUT2D eigenvalue weighted by Gasteiger charge is -2.37. The molecular weight excluding hydrogens is 286 g/mol. The molecule has 0 aliphatic carbocycles. The first kappa shape index (κ1) is 15.9. The quantitative estimate of drug-likeness (QED) is 0.505. The van der Waals surface area contributed by atoms with Gasteiger partial charge >= 0.3 is 5.97 Å². The van der Waals surface area contributed by atoms with Crippen LogP contribution in [-0.2, 0) is 14.4 Å². The van der Waals surface area contributed by atoms with Gasteiger partial charge in [-0.2, -0.15) is 0 Å². The second-order valence-corrected chi connectivity index (χ2v) is 5.32. The number of carbonyl (C=O) groups is 4. The number of benzene rings is 1. The molecule has 6 heteroatoms. The van der Waals surface area contributed by atoms with E-state index in [0.29, 0.717) is 18.3 Å². The van der Waals surface area contributed by atoms with E-state index in [1.165, 1.54) is 0 Å². The predicted octanol–water partition coefficient (Wildman–Crippen LogP) is 1.50. The van der Waals surface area contributed by atoms with Crippen LogP contribution in [0.4, 0.5) is 0 Å². The highest BCUT2D eigenvalue weighted by molar-refractivity contribution is 6.12. The highest BCUT2D eigenvalue weighted by atomic mass is 16.4. The summed E-state index contributed by atoms with van der Waals surface area (Å²) < 4.78 is 0. The number of carbonyl (C=O) groups excluding carboxylic acids is 3. The largest absolute Gasteiger partial charge is 0.480 e. The van der Waals surface area contributed by atoms with E-state index in [1.807, 2.05) is 0 Å². The number of aldehydes is 1. The molecule has 1 heterocycles. The molecule has 0 unspecified atom stereocenters. The van der Waals surface area contributed by atoms with Crippen molar-refractivity contribution in [2.75, 3.05) is 6.54 Å². The van der Waals surface area contributed by atoms with E-state index in [-0.39, 0.29) is 25.8 Å². The molecule has 1 aliphatic heterocycles. The fraction of sp³-hybridized carbons (Fsp3) is 0.375. The standard InChI is InChI=1S/C16H17NO5/c18-11-5-9-16(15(21)22)8-4-10-17(14(16)20)13(19)12-6-2-1-3-7-12/h1-3,6-7,11H,4-5,8-10H2,(H,21,22)/t16-/m0/s1. The van der Waals surface area contributed by atoms with Crippen LogP contribution in [0.5, 0.6) is 0 Å². The smallest absolute Gasteiger partial charge is 0.319 e. The Hall–Kier alpha value is -2.50. The summed E-state index contributed by atoms with van der Waals surface area (Å²) in [4.78, 5) is 48.2. The van der Waals surface area contributed by atoms with Crippen LogP contribution in [0.3, 0.4) is 0 Å². The molecule has 6 nitrogen and oxygen atoms in total. The number of carboxylic acid groups (broad SMARTS) is 1. The Morgan fingerprint density at radius 2 is 1.95 bits per heavy atom. The van der Waals surface area contributed by atoms with Gasteiger partial charge in [0.05, 0.1) is 0 Å². The molecule has 2 rings (SSSR count). The maximum atomic E-state index is 12.6. The second-order valence-electron chi connectivity index (χ2n) is 5.32. The van der Waals surface area contributed by atoms with Crippen molar-refractivity contribution in [2.24, 2.45) is 5.41 Å². The van der Waals surface area contributed by atoms with Crippen LogP contribution < -0.4 is 0 Å². The van der Waals surface area contributed by atoms with Crippen molar-refractivity contribution in [3.05, 3.63) is 35.9 Å². The average molecular weight is 303 g/mol. The van der Waals surface area contributed by atoms with E-state index in [2.05, 4.69) is 0 Å². The predicted molar refractivity (Wildman–Crippen MR) is 77.1 cm³/mol. The molecule has 1 aliphatic rings. The van der Waals surface area contributed by atoms with Crippen molar-refractivity contribution < 1.29 is 24.3 Å². The van der Waals surface area contributed by atoms with Gasteiger partial charge in [-0.25, -0.2) is 0 Å². The molecule has 116 valence electrons. The van der Waals surface area contributed by atoms with Crippen molar-refractivity contribution in [3.8, 4) is 0 Å². The van der Waals surface area contributed by atoms with E-state index in [1.54, 1.807) is 30.3 Å². The van der Waals surface area contributed by atoms with Crippen molar-refractivity contribution in [3.63, 3.8) is 0 Å². The van der Waals surface area contributed by atoms with E-state index in [0.717, 1.165) is 4.90 Å². The molecule has 22 heavy (non-hydrogen) atoms. The number of likely N-dealkylation sites (tertiary alicyclic amines) is 1. The average Bonchev–Trinajstić information content (AvgIpc) is 2.54. The number of hydrogen-bond acceptors (Lipinski definition) is 4. The highest BCUT2D eigenvalue weighted by Gasteiger charge is 2.51. The molecule has 1 aromatic carbocycles. The molecule has 0 bridgehead atoms. The monoisotopic (exact) mass is 303 g/mol. The van der Waals surface area contributed by atoms with E-state index >= 15 is 0 Å². The Kier molecular flexibility index (Phi) is 4.70. The first-order valence-electron chi connectivity index (χ1n) is 7.11. The minimum absolute atomic E-state index is 0.0224. The van der Waals surface area contributed by atoms with E-state index < -0.39 is 23.2 Å². The molecule has 2 amide bonds. The van der Waals surface area contributed by atoms with Gasteiger partial charge in [-0.05, 0) is 31.4 Å². The SMILES string of the molecule is O=CCC[C@@]1(C(=O)O)CCCN(C(=O)c2ccccc2)C1=O. The van der Waals surface area contributed by atoms with Crippen LogP contribution in [0.15, 0.2) is 30.3 Å². The van der Waals surface area contributed by atoms with Crippen molar-refractivity contribution in [2.45, 2.75) is 25.7 Å². The Morgan fingerprint density at radius 3 is 2.55 bits per heavy atom. The normalized spacial score (nSPS) is 21.5. The molecular formula is C16H17NO5. The zero-order valence-electron chi connectivity index (χ0n) is 12.0. The van der Waals surface area contributed by atoms with Gasteiger partial charge in [-0.1, -0.05) is 18.2 Å². The van der Waals surface area contributed by atoms with Gasteiger partial charge in [0.1, 0.15) is 11.7 Å². The van der Waals surface area contributed by atoms with Crippen LogP contribution in [0.1, 0.15) is 36.0 Å². The topological polar surface area (TPSA) is 91.8 Å². The van der Waals surface area contributed by atoms with Crippen molar-refractivity contribution >= 4 is 24.1 Å². The third-order valence-electron chi connectivity index (χ3n) is 4.00. The fourth-order valence-electron chi connectivity index (χ4n) is 2.78. The molecule has 1 atom stereocenters. The molecule has 0 spiro atoms. The molecule has 0 radical (unpaired) electrons. The number of carboxylic acids is 1. The first-order chi connectivity index (χ1) is 10.5. The number of hydrogen-bond donors (Lipinski definition) is 1. The highest BCUT2D eigenvalue weighted by Crippen LogP contribution is 2.36. The van der Waals surface area contributed by atoms with Gasteiger partial charge < -0.3 is 9.90 Å². The van der Waals surface area contributed by atoms with Crippen LogP contribution in [0.2, 0.25) is 0 Å². The molecule has 1 saturated heterocycles. The zero-order valence-corrected chi connectivity index (χ0v) is 12.0. The van der Waals surface area contributed by atoms with Gasteiger partial charge in [-0.15, -0.1) is 0 Å². The van der Waals surface area contributed by atoms with Crippen LogP contribution in [0.25, 0.3) is 0 Å². The number of piperidine rings is 1. The third-order valence-corrected chi connectivity index (χ3v) is 4.00. The lowest BCUT2D eigenvalue weighted by Crippen LogP contribution is -2.54. The lowest BCUT2D eigenvalue weighted by atomic mass is 9.75. The van der Waals surface area contributed by atoms with Gasteiger partial charge in [-0.3, -0.25) is 19.3 Å². The molecule has 1 N–H and O–H groups in total. The summed E-state index contributed by atoms with van der Waals surface area (Å²) in [6.45, 7) is 0.197. The number of nitrogens with zero attached hydrogens (tertiary/aromatic N) is 1. The summed E-state index contributed by atoms with van der Waals surface area (Å²) in [5, 5.41) is 9.48. The maximum absolute atomic E-state index is 12.6. The second kappa shape index (κ2) is 6.51. The van der Waals surface area contributed by atoms with Crippen LogP contribution in [-0.4, -0.2) is 40.6 Å². The minimum atomic E-state index is -1.68. The number of rotatable bonds is 5. The lowest BCUT2D eigenvalue weighted by molar-refractivity contribution is -0.163. The summed E-state index contributed by atoms with van der Waals surface area (Å²) in [6.07, 6.45) is 1.05. The first-order valence-corrected chi connectivity index (χ1v) is 7.11. The molecule has 1 fully saturated rings. The number of aliphatic carboxylic acids is 1. The van der Waals surface area contributed by atoms with Crippen molar-refractivity contribution in [1.82, 2.24) is 4.90 Å². The van der Waals surface area contributed by atoms with Crippen molar-refractivity contribution in [1.29, 1.82) is 0 Å². The summed E-state index contributed by atoms with van der Waals surface area (Å²) >= 11 is 0. The van der Waals surface area contributed by atoms with E-state index in [9.17, 15) is 24.3 Å². The fourth-order valence-corrected chi connectivity index (χ4v) is 2.78. The summed E-state index contributed by atoms with van der Waals surface area (Å²) in [6, 6.07) is 8.27. The molecule has 1 aromatic rings. The van der Waals surface area contributed by atoms with E-state index in [4.69, 9.17) is 0 Å². The molecule has 0 saturated carbocycles. The zero-order chi connectivity index (χ0) is 16.2. The van der Waals surface area contributed by atoms with Crippen LogP contribution >= 0.6 is 0 Å². The van der Waals surface area contributed by atoms with Gasteiger partial charge in [0.25, 0.3) is 5.91 Å². The van der Waals surface area contributed by atoms with Crippen LogP contribution in [0, 0.1) is 5.41 Å². The third kappa shape index (κ3) is 2.77. The van der Waals surface area contributed by atoms with Gasteiger partial charge in [0.2, 0.25) is 5.91 Å². The minimum Gasteiger partial charge on any atom is -0.480 e. The molecule has 0 aromatic heterocycles. The Morgan fingerprint density at radius 1 is 1.27 bits per heavy atom. The summed E-state index contributed by atoms with van der Waals surface area (Å²) in [7, 11) is 0. The summed E-state index contributed by atoms with van der Waals surface area (Å²) in [5.41, 5.74) is -1.34. The Labute approximate surface area is 127 Å². The van der Waals surface area contributed by atoms with Gasteiger partial charge in [0.15, 0.2) is 0 Å². The maximum Gasteiger partial charge on any atom is 0.319 e. The Bertz CT molecular complexity index is 598. The van der Waals surface area contributed by atoms with Gasteiger partial charge in [0, 0.05) is 18.5 Å². The number of imide groups is 1. The number of amides is 2. The summed E-state index contributed by atoms with van der Waals surface area (Å²) in [5.74, 6) is -2.49.